The van der Waals surface area contributed by atoms with Gasteiger partial charge in [-0.1, -0.05) is 0 Å². The average Bonchev–Trinajstić information content (AvgIpc) is 3.39. The van der Waals surface area contributed by atoms with Crippen LogP contribution < -0.4 is 10.1 Å². The number of H-pyrrole nitrogens is 1. The minimum Gasteiger partial charge on any atom is -0.444 e. The van der Waals surface area contributed by atoms with E-state index >= 15 is 0 Å². The molecule has 2 N–H and O–H groups in total. The van der Waals surface area contributed by atoms with Crippen LogP contribution in [-0.4, -0.2) is 43.0 Å². The Labute approximate surface area is 191 Å². The Morgan fingerprint density at radius 2 is 1.88 bits per heavy atom. The highest BCUT2D eigenvalue weighted by molar-refractivity contribution is 5.95. The first kappa shape index (κ1) is 23.1. The molecule has 0 aliphatic carbocycles. The van der Waals surface area contributed by atoms with Crippen molar-refractivity contribution in [3.63, 3.8) is 0 Å². The fourth-order valence-corrected chi connectivity index (χ4v) is 3.32. The van der Waals surface area contributed by atoms with Gasteiger partial charge in [0.15, 0.2) is 5.65 Å². The zero-order valence-corrected chi connectivity index (χ0v) is 18.5. The van der Waals surface area contributed by atoms with E-state index in [2.05, 4.69) is 30.3 Å². The molecule has 0 saturated heterocycles. The maximum Gasteiger partial charge on any atom is 0.573 e. The van der Waals surface area contributed by atoms with Gasteiger partial charge in [-0.2, -0.15) is 10.2 Å². The maximum absolute atomic E-state index is 12.5. The van der Waals surface area contributed by atoms with Crippen LogP contribution >= 0.6 is 0 Å². The predicted octanol–water partition coefficient (Wildman–Crippen LogP) is 4.73. The predicted molar refractivity (Wildman–Crippen MR) is 116 cm³/mol. The number of hydrogen-bond donors (Lipinski definition) is 2. The number of alkyl carbamates (subject to hydrolysis) is 1. The van der Waals surface area contributed by atoms with Crippen LogP contribution in [0.4, 0.5) is 18.0 Å². The summed E-state index contributed by atoms with van der Waals surface area (Å²) in [5.74, 6) is -0.355. The lowest BCUT2D eigenvalue weighted by Crippen LogP contribution is -2.32. The molecule has 0 aliphatic heterocycles. The Bertz CT molecular complexity index is 1290. The number of carbonyl (C=O) groups excluding carboxylic acids is 1. The van der Waals surface area contributed by atoms with E-state index in [1.54, 1.807) is 45.4 Å². The number of fused-ring (bicyclic) bond motifs is 1. The van der Waals surface area contributed by atoms with Crippen molar-refractivity contribution < 1.29 is 27.4 Å². The third-order valence-electron chi connectivity index (χ3n) is 4.56. The molecule has 4 aromatic rings. The lowest BCUT2D eigenvalue weighted by molar-refractivity contribution is -0.274. The molecule has 0 radical (unpaired) electrons. The summed E-state index contributed by atoms with van der Waals surface area (Å²) in [5, 5.41) is 14.7. The van der Waals surface area contributed by atoms with Crippen molar-refractivity contribution >= 4 is 17.1 Å². The van der Waals surface area contributed by atoms with Crippen molar-refractivity contribution in [3.05, 3.63) is 54.6 Å². The molecular formula is C22H21F3N6O3. The summed E-state index contributed by atoms with van der Waals surface area (Å²) in [5.41, 5.74) is 2.27. The first-order valence-corrected chi connectivity index (χ1v) is 10.2. The molecule has 34 heavy (non-hydrogen) atoms. The third-order valence-corrected chi connectivity index (χ3v) is 4.56. The molecule has 12 heteroatoms. The van der Waals surface area contributed by atoms with Crippen LogP contribution in [-0.2, 0) is 11.3 Å². The van der Waals surface area contributed by atoms with Gasteiger partial charge in [0.05, 0.1) is 29.5 Å². The van der Waals surface area contributed by atoms with Gasteiger partial charge < -0.3 is 14.8 Å². The SMILES string of the molecule is CC(C)(C)OC(=O)NCc1nn(-c2ccc(OC(F)(F)F)cc2)c2nccc(-c3cn[nH]c3)c12. The van der Waals surface area contributed by atoms with E-state index in [-0.39, 0.29) is 12.3 Å². The third kappa shape index (κ3) is 5.27. The van der Waals surface area contributed by atoms with Crippen molar-refractivity contribution in [2.24, 2.45) is 0 Å². The van der Waals surface area contributed by atoms with E-state index in [1.807, 2.05) is 0 Å². The summed E-state index contributed by atoms with van der Waals surface area (Å²) in [6.45, 7) is 5.29. The number of alkyl halides is 3. The van der Waals surface area contributed by atoms with Gasteiger partial charge in [-0.15, -0.1) is 13.2 Å². The molecule has 0 bridgehead atoms. The second-order valence-electron chi connectivity index (χ2n) is 8.30. The Morgan fingerprint density at radius 3 is 2.50 bits per heavy atom. The van der Waals surface area contributed by atoms with Crippen LogP contribution in [0.2, 0.25) is 0 Å². The highest BCUT2D eigenvalue weighted by atomic mass is 19.4. The normalized spacial score (nSPS) is 12.1. The molecule has 1 aromatic carbocycles. The maximum atomic E-state index is 12.5. The van der Waals surface area contributed by atoms with E-state index in [9.17, 15) is 18.0 Å². The Morgan fingerprint density at radius 1 is 1.15 bits per heavy atom. The molecule has 3 heterocycles. The fourth-order valence-electron chi connectivity index (χ4n) is 3.32. The minimum atomic E-state index is -4.79. The summed E-state index contributed by atoms with van der Waals surface area (Å²) in [6.07, 6.45) is -0.463. The van der Waals surface area contributed by atoms with Crippen molar-refractivity contribution in [1.29, 1.82) is 0 Å². The summed E-state index contributed by atoms with van der Waals surface area (Å²) in [4.78, 5) is 16.6. The standard InChI is InChI=1S/C22H21F3N6O3/c1-21(2,3)34-20(32)27-12-17-18-16(13-10-28-29-11-13)8-9-26-19(18)31(30-17)14-4-6-15(7-5-14)33-22(23,24)25/h4-11H,12H2,1-3H3,(H,27,32)(H,28,29). The van der Waals surface area contributed by atoms with Gasteiger partial charge in [-0.25, -0.2) is 14.5 Å². The summed E-state index contributed by atoms with van der Waals surface area (Å²) in [6, 6.07) is 7.04. The lowest BCUT2D eigenvalue weighted by atomic mass is 10.1. The second kappa shape index (κ2) is 8.69. The number of amides is 1. The zero-order valence-electron chi connectivity index (χ0n) is 18.5. The van der Waals surface area contributed by atoms with E-state index in [0.29, 0.717) is 22.4 Å². The van der Waals surface area contributed by atoms with Gasteiger partial charge in [0, 0.05) is 18.0 Å². The number of benzene rings is 1. The zero-order chi connectivity index (χ0) is 24.5. The highest BCUT2D eigenvalue weighted by Crippen LogP contribution is 2.31. The number of hydrogen-bond acceptors (Lipinski definition) is 6. The van der Waals surface area contributed by atoms with E-state index in [1.165, 1.54) is 28.9 Å². The molecule has 0 unspecified atom stereocenters. The van der Waals surface area contributed by atoms with Gasteiger partial charge in [0.25, 0.3) is 0 Å². The van der Waals surface area contributed by atoms with Gasteiger partial charge in [-0.05, 0) is 56.7 Å². The summed E-state index contributed by atoms with van der Waals surface area (Å²) in [7, 11) is 0. The molecule has 9 nitrogen and oxygen atoms in total. The average molecular weight is 474 g/mol. The van der Waals surface area contributed by atoms with Crippen LogP contribution in [0.5, 0.6) is 5.75 Å². The Kier molecular flexibility index (Phi) is 5.90. The van der Waals surface area contributed by atoms with Gasteiger partial charge in [0.1, 0.15) is 11.4 Å². The van der Waals surface area contributed by atoms with Crippen LogP contribution in [0.3, 0.4) is 0 Å². The Balaban J connectivity index is 1.75. The number of aromatic nitrogens is 5. The number of ether oxygens (including phenoxy) is 2. The number of aromatic amines is 1. The largest absolute Gasteiger partial charge is 0.573 e. The molecule has 0 spiro atoms. The highest BCUT2D eigenvalue weighted by Gasteiger charge is 2.31. The minimum absolute atomic E-state index is 0.0320. The van der Waals surface area contributed by atoms with E-state index in [4.69, 9.17) is 4.74 Å². The van der Waals surface area contributed by atoms with Gasteiger partial charge >= 0.3 is 12.5 Å². The fraction of sp³-hybridized carbons (Fsp3) is 0.273. The van der Waals surface area contributed by atoms with Crippen molar-refractivity contribution in [2.75, 3.05) is 0 Å². The van der Waals surface area contributed by atoms with Crippen LogP contribution in [0.25, 0.3) is 27.8 Å². The molecule has 0 aliphatic rings. The molecular weight excluding hydrogens is 453 g/mol. The molecule has 0 saturated carbocycles. The number of halogens is 3. The number of nitrogens with zero attached hydrogens (tertiary/aromatic N) is 4. The molecule has 0 atom stereocenters. The van der Waals surface area contributed by atoms with Crippen molar-refractivity contribution in [2.45, 2.75) is 39.3 Å². The van der Waals surface area contributed by atoms with Crippen LogP contribution in [0.1, 0.15) is 26.5 Å². The van der Waals surface area contributed by atoms with Crippen LogP contribution in [0.15, 0.2) is 48.9 Å². The first-order valence-electron chi connectivity index (χ1n) is 10.2. The summed E-state index contributed by atoms with van der Waals surface area (Å²) < 4.78 is 48.2. The van der Waals surface area contributed by atoms with E-state index < -0.39 is 18.1 Å². The lowest BCUT2D eigenvalue weighted by Gasteiger charge is -2.19. The molecule has 3 aromatic heterocycles. The topological polar surface area (TPSA) is 107 Å². The van der Waals surface area contributed by atoms with Crippen LogP contribution in [0, 0.1) is 0 Å². The molecule has 0 fully saturated rings. The number of carbonyl (C=O) groups is 1. The quantitative estimate of drug-likeness (QED) is 0.433. The Hall–Kier alpha value is -4.09. The number of nitrogens with one attached hydrogen (secondary N) is 2. The molecule has 178 valence electrons. The molecule has 1 amide bonds. The number of pyridine rings is 1. The van der Waals surface area contributed by atoms with E-state index in [0.717, 1.165) is 11.1 Å². The molecule has 4 rings (SSSR count). The summed E-state index contributed by atoms with van der Waals surface area (Å²) >= 11 is 0. The van der Waals surface area contributed by atoms with Crippen molar-refractivity contribution in [3.8, 4) is 22.6 Å². The first-order chi connectivity index (χ1) is 16.0. The number of rotatable bonds is 5. The monoisotopic (exact) mass is 474 g/mol. The van der Waals surface area contributed by atoms with Gasteiger partial charge in [-0.3, -0.25) is 5.10 Å². The second-order valence-corrected chi connectivity index (χ2v) is 8.30. The van der Waals surface area contributed by atoms with Gasteiger partial charge in [0.2, 0.25) is 0 Å². The smallest absolute Gasteiger partial charge is 0.444 e. The van der Waals surface area contributed by atoms with Crippen molar-refractivity contribution in [1.82, 2.24) is 30.3 Å².